The van der Waals surface area contributed by atoms with Gasteiger partial charge in [-0.15, -0.1) is 0 Å². The lowest BCUT2D eigenvalue weighted by molar-refractivity contribution is -0.111. The lowest BCUT2D eigenvalue weighted by atomic mass is 10.1. The summed E-state index contributed by atoms with van der Waals surface area (Å²) in [6, 6.07) is 12.5. The van der Waals surface area contributed by atoms with E-state index in [1.165, 1.54) is 10.6 Å². The van der Waals surface area contributed by atoms with Crippen LogP contribution in [0.5, 0.6) is 11.5 Å². The first-order valence-electron chi connectivity index (χ1n) is 10.7. The number of carbonyl (C=O) groups excluding carboxylic acids is 1. The zero-order chi connectivity index (χ0) is 25.1. The second kappa shape index (κ2) is 9.68. The number of aromatic nitrogens is 3. The Morgan fingerprint density at radius 1 is 1.11 bits per heavy atom. The third kappa shape index (κ3) is 4.70. The molecule has 0 aliphatic carbocycles. The van der Waals surface area contributed by atoms with E-state index in [4.69, 9.17) is 9.47 Å². The molecule has 0 saturated heterocycles. The molecule has 0 spiro atoms. The van der Waals surface area contributed by atoms with Gasteiger partial charge in [0.05, 0.1) is 25.6 Å². The Hall–Kier alpha value is -4.66. The SMILES string of the molecule is C=CC(=O)Nc1cccc(C)c1Nc1ncc2cc(-c3cc(OC)cc(OC)c3)c(=O)n(C)c2n1. The lowest BCUT2D eigenvalue weighted by Gasteiger charge is -2.15. The van der Waals surface area contributed by atoms with Crippen molar-refractivity contribution in [2.75, 3.05) is 24.9 Å². The van der Waals surface area contributed by atoms with E-state index in [1.54, 1.807) is 57.8 Å². The van der Waals surface area contributed by atoms with Gasteiger partial charge < -0.3 is 20.1 Å². The van der Waals surface area contributed by atoms with E-state index < -0.39 is 0 Å². The molecule has 4 rings (SSSR count). The van der Waals surface area contributed by atoms with Crippen molar-refractivity contribution in [2.24, 2.45) is 7.05 Å². The molecule has 0 fully saturated rings. The summed E-state index contributed by atoms with van der Waals surface area (Å²) in [7, 11) is 4.77. The van der Waals surface area contributed by atoms with E-state index in [2.05, 4.69) is 27.2 Å². The number of carbonyl (C=O) groups is 1. The Balaban J connectivity index is 1.78. The molecule has 9 heteroatoms. The predicted molar refractivity (Wildman–Crippen MR) is 137 cm³/mol. The van der Waals surface area contributed by atoms with Crippen molar-refractivity contribution < 1.29 is 14.3 Å². The van der Waals surface area contributed by atoms with Gasteiger partial charge in [0.25, 0.3) is 5.56 Å². The van der Waals surface area contributed by atoms with E-state index in [9.17, 15) is 9.59 Å². The van der Waals surface area contributed by atoms with Crippen LogP contribution in [-0.4, -0.2) is 34.7 Å². The van der Waals surface area contributed by atoms with Crippen LogP contribution < -0.4 is 25.7 Å². The normalized spacial score (nSPS) is 10.6. The van der Waals surface area contributed by atoms with E-state index in [1.807, 2.05) is 19.1 Å². The van der Waals surface area contributed by atoms with Crippen molar-refractivity contribution in [3.63, 3.8) is 0 Å². The number of fused-ring (bicyclic) bond motifs is 1. The Labute approximate surface area is 202 Å². The number of amides is 1. The first-order valence-corrected chi connectivity index (χ1v) is 10.7. The zero-order valence-electron chi connectivity index (χ0n) is 19.9. The minimum Gasteiger partial charge on any atom is -0.497 e. The number of rotatable bonds is 7. The molecule has 35 heavy (non-hydrogen) atoms. The molecule has 0 bridgehead atoms. The molecule has 0 radical (unpaired) electrons. The Morgan fingerprint density at radius 2 is 1.83 bits per heavy atom. The molecule has 0 saturated carbocycles. The van der Waals surface area contributed by atoms with Crippen LogP contribution in [0.15, 0.2) is 66.1 Å². The van der Waals surface area contributed by atoms with Crippen LogP contribution in [0.4, 0.5) is 17.3 Å². The van der Waals surface area contributed by atoms with Crippen molar-refractivity contribution >= 4 is 34.3 Å². The third-order valence-electron chi connectivity index (χ3n) is 5.56. The minimum absolute atomic E-state index is 0.229. The molecule has 0 atom stereocenters. The van der Waals surface area contributed by atoms with Crippen molar-refractivity contribution in [2.45, 2.75) is 6.92 Å². The molecule has 9 nitrogen and oxygen atoms in total. The Bertz CT molecular complexity index is 1490. The highest BCUT2D eigenvalue weighted by atomic mass is 16.5. The predicted octanol–water partition coefficient (Wildman–Crippen LogP) is 4.19. The molecule has 1 amide bonds. The Kier molecular flexibility index (Phi) is 6.50. The number of ether oxygens (including phenoxy) is 2. The number of methoxy groups -OCH3 is 2. The largest absolute Gasteiger partial charge is 0.497 e. The average molecular weight is 472 g/mol. The van der Waals surface area contributed by atoms with Crippen LogP contribution in [0, 0.1) is 6.92 Å². The number of anilines is 3. The maximum Gasteiger partial charge on any atom is 0.259 e. The van der Waals surface area contributed by atoms with Crippen molar-refractivity contribution in [3.8, 4) is 22.6 Å². The van der Waals surface area contributed by atoms with Gasteiger partial charge in [0.1, 0.15) is 17.1 Å². The summed E-state index contributed by atoms with van der Waals surface area (Å²) in [5.41, 5.74) is 3.45. The second-order valence-electron chi connectivity index (χ2n) is 7.81. The molecule has 2 aromatic heterocycles. The summed E-state index contributed by atoms with van der Waals surface area (Å²) in [5, 5.41) is 6.62. The van der Waals surface area contributed by atoms with Crippen molar-refractivity contribution in [1.82, 2.24) is 14.5 Å². The smallest absolute Gasteiger partial charge is 0.259 e. The van der Waals surface area contributed by atoms with Crippen LogP contribution in [0.3, 0.4) is 0 Å². The highest BCUT2D eigenvalue weighted by Crippen LogP contribution is 2.31. The zero-order valence-corrected chi connectivity index (χ0v) is 19.9. The van der Waals surface area contributed by atoms with Crippen LogP contribution in [0.25, 0.3) is 22.2 Å². The summed E-state index contributed by atoms with van der Waals surface area (Å²) >= 11 is 0. The van der Waals surface area contributed by atoms with Gasteiger partial charge in [-0.2, -0.15) is 4.98 Å². The fourth-order valence-corrected chi connectivity index (χ4v) is 3.71. The van der Waals surface area contributed by atoms with Gasteiger partial charge in [-0.25, -0.2) is 4.98 Å². The number of pyridine rings is 1. The number of hydrogen-bond acceptors (Lipinski definition) is 7. The van der Waals surface area contributed by atoms with Gasteiger partial charge in [-0.3, -0.25) is 14.2 Å². The maximum atomic E-state index is 13.3. The number of nitrogens with one attached hydrogen (secondary N) is 2. The third-order valence-corrected chi connectivity index (χ3v) is 5.56. The topological polar surface area (TPSA) is 107 Å². The Morgan fingerprint density at radius 3 is 2.49 bits per heavy atom. The number of aryl methyl sites for hydroxylation is 2. The van der Waals surface area contributed by atoms with Crippen LogP contribution in [0.1, 0.15) is 5.56 Å². The van der Waals surface area contributed by atoms with Gasteiger partial charge in [0.15, 0.2) is 0 Å². The molecule has 2 heterocycles. The van der Waals surface area contributed by atoms with Gasteiger partial charge >= 0.3 is 0 Å². The number of para-hydroxylation sites is 1. The summed E-state index contributed by atoms with van der Waals surface area (Å²) in [5.74, 6) is 1.11. The highest BCUT2D eigenvalue weighted by molar-refractivity contribution is 6.01. The lowest BCUT2D eigenvalue weighted by Crippen LogP contribution is -2.20. The average Bonchev–Trinajstić information content (AvgIpc) is 2.87. The monoisotopic (exact) mass is 471 g/mol. The van der Waals surface area contributed by atoms with Crippen molar-refractivity contribution in [1.29, 1.82) is 0 Å². The van der Waals surface area contributed by atoms with Gasteiger partial charge in [0, 0.05) is 30.3 Å². The fourth-order valence-electron chi connectivity index (χ4n) is 3.71. The molecule has 0 aliphatic rings. The molecular weight excluding hydrogens is 446 g/mol. The van der Waals surface area contributed by atoms with Crippen LogP contribution in [0.2, 0.25) is 0 Å². The first-order chi connectivity index (χ1) is 16.8. The molecule has 4 aromatic rings. The number of nitrogens with zero attached hydrogens (tertiary/aromatic N) is 3. The number of hydrogen-bond donors (Lipinski definition) is 2. The summed E-state index contributed by atoms with van der Waals surface area (Å²) < 4.78 is 12.2. The standard InChI is InChI=1S/C26H25N5O4/c1-6-22(32)28-21-9-7-8-15(2)23(21)29-26-27-14-17-12-20(25(33)31(3)24(17)30-26)16-10-18(34-4)13-19(11-16)35-5/h6-14H,1H2,2-5H3,(H,28,32)(H,27,29,30). The molecule has 178 valence electrons. The van der Waals surface area contributed by atoms with Crippen molar-refractivity contribution in [3.05, 3.63) is 77.2 Å². The quantitative estimate of drug-likeness (QED) is 0.389. The first kappa shape index (κ1) is 23.5. The van der Waals surface area contributed by atoms with Gasteiger partial charge in [-0.1, -0.05) is 18.7 Å². The second-order valence-corrected chi connectivity index (χ2v) is 7.81. The highest BCUT2D eigenvalue weighted by Gasteiger charge is 2.15. The summed E-state index contributed by atoms with van der Waals surface area (Å²) in [6.45, 7) is 5.39. The summed E-state index contributed by atoms with van der Waals surface area (Å²) in [6.07, 6.45) is 2.84. The van der Waals surface area contributed by atoms with E-state index in [0.29, 0.717) is 45.0 Å². The van der Waals surface area contributed by atoms with E-state index in [-0.39, 0.29) is 17.4 Å². The van der Waals surface area contributed by atoms with Gasteiger partial charge in [0.2, 0.25) is 11.9 Å². The maximum absolute atomic E-state index is 13.3. The van der Waals surface area contributed by atoms with Crippen LogP contribution >= 0.6 is 0 Å². The van der Waals surface area contributed by atoms with E-state index in [0.717, 1.165) is 5.56 Å². The van der Waals surface area contributed by atoms with Crippen LogP contribution in [-0.2, 0) is 11.8 Å². The molecular formula is C26H25N5O4. The van der Waals surface area contributed by atoms with E-state index >= 15 is 0 Å². The minimum atomic E-state index is -0.331. The van der Waals surface area contributed by atoms with Gasteiger partial charge in [-0.05, 0) is 48.4 Å². The summed E-state index contributed by atoms with van der Waals surface area (Å²) in [4.78, 5) is 34.1. The molecule has 2 N–H and O–H groups in total. The molecule has 0 aliphatic heterocycles. The fraction of sp³-hybridized carbons (Fsp3) is 0.154. The molecule has 2 aromatic carbocycles. The molecule has 0 unspecified atom stereocenters. The number of benzene rings is 2.